The Labute approximate surface area is 790 Å². The summed E-state index contributed by atoms with van der Waals surface area (Å²) < 4.78 is 28.0. The van der Waals surface area contributed by atoms with Crippen molar-refractivity contribution < 1.29 is 17.9 Å². The van der Waals surface area contributed by atoms with Crippen LogP contribution in [0.4, 0.5) is 0 Å². The molecule has 0 aliphatic carbocycles. The molecule has 12 heterocycles. The topological polar surface area (TPSA) is 311 Å². The predicted octanol–water partition coefficient (Wildman–Crippen LogP) is 34.5. The normalized spacial score (nSPS) is 8.26. The molecule has 12 aromatic heterocycles. The minimum atomic E-state index is 0.339. The summed E-state index contributed by atoms with van der Waals surface area (Å²) >= 11 is 4.56. The highest BCUT2D eigenvalue weighted by Gasteiger charge is 2.06. The Morgan fingerprint density at radius 1 is 0.413 bits per heavy atom. The molecule has 0 fully saturated rings. The average Bonchev–Trinajstić information content (AvgIpc) is 1.79. The molecule has 0 amide bonds. The van der Waals surface area contributed by atoms with Gasteiger partial charge in [0.2, 0.25) is 5.89 Å². The van der Waals surface area contributed by atoms with Crippen molar-refractivity contribution in [3.63, 3.8) is 0 Å². The molecule has 0 aliphatic rings. The van der Waals surface area contributed by atoms with E-state index in [9.17, 15) is 0 Å². The molecule has 126 heavy (non-hydrogen) atoms. The first kappa shape index (κ1) is 158. The van der Waals surface area contributed by atoms with Crippen LogP contribution in [0.25, 0.3) is 0 Å². The number of furan rings is 1. The predicted molar refractivity (Wildman–Crippen MR) is 559 cm³/mol. The summed E-state index contributed by atoms with van der Waals surface area (Å²) in [5.41, 5.74) is 2.81. The minimum Gasteiger partial charge on any atom is -0.473 e. The van der Waals surface area contributed by atoms with Gasteiger partial charge in [-0.1, -0.05) is 350 Å². The molecule has 0 bridgehead atoms. The van der Waals surface area contributed by atoms with Gasteiger partial charge < -0.3 is 22.9 Å². The molecule has 24 nitrogen and oxygen atoms in total. The number of imidazole rings is 1. The first-order valence-electron chi connectivity index (χ1n) is 46.2. The monoisotopic (exact) mass is 1830 g/mol. The van der Waals surface area contributed by atoms with E-state index in [4.69, 9.17) is 4.52 Å². The van der Waals surface area contributed by atoms with E-state index in [-0.39, 0.29) is 0 Å². The lowest BCUT2D eigenvalue weighted by Gasteiger charge is -2.01. The first-order chi connectivity index (χ1) is 59.9. The zero-order valence-corrected chi connectivity index (χ0v) is 93.5. The van der Waals surface area contributed by atoms with E-state index in [0.29, 0.717) is 41.4 Å². The Morgan fingerprint density at radius 2 is 0.897 bits per heavy atom. The lowest BCUT2D eigenvalue weighted by atomic mass is 10.2. The Morgan fingerprint density at radius 3 is 1.03 bits per heavy atom. The Balaban J connectivity index is -0.0000000660. The molecule has 0 saturated carbocycles. The highest BCUT2D eigenvalue weighted by atomic mass is 32.1. The Hall–Kier alpha value is -8.56. The van der Waals surface area contributed by atoms with Crippen molar-refractivity contribution in [2.24, 2.45) is 41.4 Å². The maximum absolute atomic E-state index is 4.86. The summed E-state index contributed by atoms with van der Waals surface area (Å²) in [5, 5.41) is 39.7. The van der Waals surface area contributed by atoms with Crippen LogP contribution in [0.5, 0.6) is 0 Å². The van der Waals surface area contributed by atoms with Crippen LogP contribution in [0, 0.1) is 55.3 Å². The van der Waals surface area contributed by atoms with Crippen molar-refractivity contribution in [2.75, 3.05) is 0 Å². The highest BCUT2D eigenvalue weighted by Crippen LogP contribution is 2.15. The number of H-pyrrole nitrogens is 3. The lowest BCUT2D eigenvalue weighted by Crippen LogP contribution is -1.99. The molecule has 0 radical (unpaired) electrons. The maximum atomic E-state index is 4.86. The van der Waals surface area contributed by atoms with Crippen LogP contribution in [0.2, 0.25) is 0 Å². The van der Waals surface area contributed by atoms with E-state index in [2.05, 4.69) is 309 Å². The molecule has 0 saturated heterocycles. The molecular weight excluding hydrogens is 1630 g/mol. The number of oxazole rings is 1. The van der Waals surface area contributed by atoms with Crippen LogP contribution >= 0.6 is 34.4 Å². The zero-order valence-electron chi connectivity index (χ0n) is 91.1. The summed E-state index contributed by atoms with van der Waals surface area (Å²) in [6.07, 6.45) is 29.7. The Bertz CT molecular complexity index is 2650. The van der Waals surface area contributed by atoms with Crippen LogP contribution < -0.4 is 0 Å². The van der Waals surface area contributed by atoms with Crippen LogP contribution in [-0.4, -0.2) is 99.5 Å². The van der Waals surface area contributed by atoms with Gasteiger partial charge in [0.25, 0.3) is 0 Å². The third-order valence-corrected chi connectivity index (χ3v) is 9.99. The van der Waals surface area contributed by atoms with Gasteiger partial charge in [0, 0.05) is 84.1 Å². The number of hydrogen-bond donors (Lipinski definition) is 3. The summed E-state index contributed by atoms with van der Waals surface area (Å²) in [7, 11) is 0. The molecule has 0 atom stereocenters. The van der Waals surface area contributed by atoms with Crippen molar-refractivity contribution >= 4 is 34.4 Å². The second-order valence-electron chi connectivity index (χ2n) is 28.1. The fraction of sp³-hybridized carbons (Fsp3) is 0.657. The average molecular weight is 1830 g/mol. The largest absolute Gasteiger partial charge is 0.473 e. The molecule has 3 N–H and O–H groups in total. The lowest BCUT2D eigenvalue weighted by molar-refractivity contribution is 0.362. The second-order valence-corrected chi connectivity index (χ2v) is 30.4. The van der Waals surface area contributed by atoms with Gasteiger partial charge in [-0.15, -0.1) is 11.3 Å². The van der Waals surface area contributed by atoms with Crippen molar-refractivity contribution in [1.29, 1.82) is 0 Å². The minimum absolute atomic E-state index is 0.339. The molecule has 0 aliphatic heterocycles. The fourth-order valence-electron chi connectivity index (χ4n) is 4.06. The van der Waals surface area contributed by atoms with Crippen molar-refractivity contribution in [1.82, 2.24) is 99.5 Å². The van der Waals surface area contributed by atoms with Crippen LogP contribution in [0.1, 0.15) is 417 Å². The van der Waals surface area contributed by atoms with Crippen molar-refractivity contribution in [3.8, 4) is 0 Å². The van der Waals surface area contributed by atoms with E-state index in [1.54, 1.807) is 104 Å². The quantitative estimate of drug-likeness (QED) is 0.144. The van der Waals surface area contributed by atoms with E-state index < -0.39 is 0 Å². The standard InChI is InChI=1S/C6H10N2O.C6H10N2S.C6H10N2.2C5H9N3.C4H4N2.C4H4O.7C4H10.C3H4N2.2C3H3NO.2C3H3NS.10C2H6/c2*1-4(2)6-7-5(3)8-9-6;1-6(2)8-5-3-4-7-8;1-4(2)5-6-3-7-8-5;1-4(2)5-3-6-8-7-5;1-2-4-6-5-3-1;1-2-4-5-3-1;7*1-4(2)3;2*1-2-5-3-4-1;1-2-4-5-3-1;1-2-5-3-4-1;1-2-4-5-3-1;10*1-2/h2*4H,1-3H3;3-6H,1-2H3;2*3-4H,1-2H3,(H,6,7,8);1-4H;1-4H;7*4H,1-3H3;1-3H,(H,4,5);4*1-3H;10*1-2H3. The number of nitrogens with zero attached hydrogens (tertiary/aromatic N) is 17. The smallest absolute Gasteiger partial charge is 0.229 e. The van der Waals surface area contributed by atoms with Crippen molar-refractivity contribution in [3.05, 3.63) is 205 Å². The molecule has 12 rings (SSSR count). The van der Waals surface area contributed by atoms with Crippen LogP contribution in [0.3, 0.4) is 0 Å². The van der Waals surface area contributed by atoms with Gasteiger partial charge in [0.05, 0.1) is 48.6 Å². The van der Waals surface area contributed by atoms with Crippen LogP contribution in [0.15, 0.2) is 189 Å². The van der Waals surface area contributed by atoms with Gasteiger partial charge in [-0.2, -0.15) is 45.2 Å². The zero-order chi connectivity index (χ0) is 102. The second kappa shape index (κ2) is 148. The molecule has 740 valence electrons. The number of hydrogen-bond acceptors (Lipinski definition) is 23. The summed E-state index contributed by atoms with van der Waals surface area (Å²) in [6, 6.07) is 13.4. The molecule has 0 aromatic carbocycles. The molecular formula is C99H202N20O4S3. The third-order valence-electron chi connectivity index (χ3n) is 7.84. The molecule has 0 unspecified atom stereocenters. The molecule has 12 aromatic rings. The van der Waals surface area contributed by atoms with E-state index in [1.807, 2.05) is 224 Å². The number of aromatic amines is 3. The molecule has 0 spiro atoms. The number of aryl methyl sites for hydroxylation is 2. The molecule has 27 heteroatoms. The van der Waals surface area contributed by atoms with Gasteiger partial charge in [-0.25, -0.2) is 24.3 Å². The van der Waals surface area contributed by atoms with Gasteiger partial charge in [-0.3, -0.25) is 14.8 Å². The van der Waals surface area contributed by atoms with E-state index >= 15 is 0 Å². The number of aromatic nitrogens is 20. The number of rotatable bonds is 5. The van der Waals surface area contributed by atoms with Gasteiger partial charge in [-0.05, 0) is 141 Å². The van der Waals surface area contributed by atoms with Crippen LogP contribution in [-0.2, 0) is 0 Å². The SMILES string of the molecule is CC.CC.CC.CC.CC.CC.CC.CC.CC.CC.CC(C)C.CC(C)C.CC(C)C.CC(C)C.CC(C)C.CC(C)C.CC(C)C.CC(C)c1cn[nH]n1.CC(C)c1ncn[nH]1.CC(C)n1cccn1.Cc1noc(C(C)C)n1.Cc1nsc(C(C)C)n1.c1c[nH]cn1.c1ccnnc1.c1ccoc1.c1cnoc1.c1cnsc1.c1cocn1.c1cscn1. The van der Waals surface area contributed by atoms with Gasteiger partial charge in [0.15, 0.2) is 12.2 Å². The van der Waals surface area contributed by atoms with E-state index in [1.165, 1.54) is 48.3 Å². The fourth-order valence-corrected chi connectivity index (χ4v) is 5.41. The third kappa shape index (κ3) is 202. The Kier molecular flexibility index (Phi) is 185. The van der Waals surface area contributed by atoms with Crippen molar-refractivity contribution in [2.45, 2.75) is 397 Å². The number of nitrogens with one attached hydrogen (secondary N) is 3. The van der Waals surface area contributed by atoms with Gasteiger partial charge in [0.1, 0.15) is 35.5 Å². The maximum Gasteiger partial charge on any atom is 0.229 e. The highest BCUT2D eigenvalue weighted by molar-refractivity contribution is 7.07. The summed E-state index contributed by atoms with van der Waals surface area (Å²) in [5.74, 6) is 10.9. The number of thiazole rings is 1. The summed E-state index contributed by atoms with van der Waals surface area (Å²) in [4.78, 5) is 25.9. The van der Waals surface area contributed by atoms with E-state index in [0.717, 1.165) is 63.8 Å². The first-order valence-corrected chi connectivity index (χ1v) is 48.7. The van der Waals surface area contributed by atoms with Gasteiger partial charge >= 0.3 is 0 Å². The summed E-state index contributed by atoms with van der Waals surface area (Å²) in [6.45, 7) is 110.